The standard InChI is InChI=1S/C11H17BrN2S/c1-13(2)9-5-6-14(7-9)8-10-3-4-11(12)15-10/h3-4,9H,5-8H2,1-2H3. The Bertz CT molecular complexity index is 324. The summed E-state index contributed by atoms with van der Waals surface area (Å²) in [5.41, 5.74) is 0. The summed E-state index contributed by atoms with van der Waals surface area (Å²) in [5.74, 6) is 0. The van der Waals surface area contributed by atoms with E-state index in [0.717, 1.165) is 12.6 Å². The Labute approximate surface area is 104 Å². The third-order valence-corrected chi connectivity index (χ3v) is 4.59. The van der Waals surface area contributed by atoms with Gasteiger partial charge in [-0.05, 0) is 48.6 Å². The second-order valence-electron chi connectivity index (χ2n) is 4.35. The molecule has 1 aromatic heterocycles. The summed E-state index contributed by atoms with van der Waals surface area (Å²) < 4.78 is 1.24. The van der Waals surface area contributed by atoms with Gasteiger partial charge in [0.25, 0.3) is 0 Å². The largest absolute Gasteiger partial charge is 0.305 e. The van der Waals surface area contributed by atoms with Gasteiger partial charge in [0.15, 0.2) is 0 Å². The van der Waals surface area contributed by atoms with Crippen molar-refractivity contribution in [3.63, 3.8) is 0 Å². The molecule has 2 heterocycles. The van der Waals surface area contributed by atoms with Crippen LogP contribution < -0.4 is 0 Å². The quantitative estimate of drug-likeness (QED) is 0.844. The molecule has 0 bridgehead atoms. The average Bonchev–Trinajstić information content (AvgIpc) is 2.76. The van der Waals surface area contributed by atoms with Crippen LogP contribution in [0, 0.1) is 0 Å². The fraction of sp³-hybridized carbons (Fsp3) is 0.636. The van der Waals surface area contributed by atoms with Crippen LogP contribution in [0.25, 0.3) is 0 Å². The van der Waals surface area contributed by atoms with Gasteiger partial charge in [0.05, 0.1) is 3.79 Å². The van der Waals surface area contributed by atoms with Crippen molar-refractivity contribution >= 4 is 27.3 Å². The predicted octanol–water partition coefficient (Wildman–Crippen LogP) is 2.65. The smallest absolute Gasteiger partial charge is 0.0701 e. The SMILES string of the molecule is CN(C)C1CCN(Cc2ccc(Br)s2)C1. The molecule has 0 aliphatic carbocycles. The molecular weight excluding hydrogens is 272 g/mol. The molecule has 84 valence electrons. The van der Waals surface area contributed by atoms with Gasteiger partial charge >= 0.3 is 0 Å². The van der Waals surface area contributed by atoms with Crippen LogP contribution in [0.2, 0.25) is 0 Å². The summed E-state index contributed by atoms with van der Waals surface area (Å²) in [6, 6.07) is 5.10. The molecular formula is C11H17BrN2S. The highest BCUT2D eigenvalue weighted by molar-refractivity contribution is 9.11. The van der Waals surface area contributed by atoms with Crippen molar-refractivity contribution in [1.82, 2.24) is 9.80 Å². The Hall–Kier alpha value is 0.1000. The lowest BCUT2D eigenvalue weighted by molar-refractivity contribution is 0.266. The highest BCUT2D eigenvalue weighted by Crippen LogP contribution is 2.25. The van der Waals surface area contributed by atoms with Crippen molar-refractivity contribution in [2.75, 3.05) is 27.2 Å². The van der Waals surface area contributed by atoms with Crippen LogP contribution in [0.5, 0.6) is 0 Å². The van der Waals surface area contributed by atoms with E-state index in [2.05, 4.69) is 52.0 Å². The van der Waals surface area contributed by atoms with Gasteiger partial charge in [-0.1, -0.05) is 0 Å². The minimum Gasteiger partial charge on any atom is -0.305 e. The highest BCUT2D eigenvalue weighted by atomic mass is 79.9. The molecule has 1 aliphatic heterocycles. The maximum Gasteiger partial charge on any atom is 0.0701 e. The van der Waals surface area contributed by atoms with Gasteiger partial charge in [0.2, 0.25) is 0 Å². The molecule has 4 heteroatoms. The van der Waals surface area contributed by atoms with Crippen molar-refractivity contribution < 1.29 is 0 Å². The molecule has 1 saturated heterocycles. The molecule has 0 amide bonds. The summed E-state index contributed by atoms with van der Waals surface area (Å²) in [4.78, 5) is 6.34. The van der Waals surface area contributed by atoms with E-state index in [1.54, 1.807) is 0 Å². The molecule has 1 aromatic rings. The number of hydrogen-bond donors (Lipinski definition) is 0. The molecule has 1 unspecified atom stereocenters. The summed E-state index contributed by atoms with van der Waals surface area (Å²) in [5, 5.41) is 0. The molecule has 2 nitrogen and oxygen atoms in total. The van der Waals surface area contributed by atoms with E-state index in [-0.39, 0.29) is 0 Å². The molecule has 0 aromatic carbocycles. The first kappa shape index (κ1) is 11.6. The zero-order valence-electron chi connectivity index (χ0n) is 9.24. The van der Waals surface area contributed by atoms with Gasteiger partial charge in [-0.25, -0.2) is 0 Å². The molecule has 0 N–H and O–H groups in total. The first-order valence-electron chi connectivity index (χ1n) is 5.28. The lowest BCUT2D eigenvalue weighted by Gasteiger charge is -2.19. The van der Waals surface area contributed by atoms with E-state index in [1.807, 2.05) is 11.3 Å². The third-order valence-electron chi connectivity index (χ3n) is 2.99. The Morgan fingerprint density at radius 2 is 2.33 bits per heavy atom. The van der Waals surface area contributed by atoms with Crippen molar-refractivity contribution in [2.24, 2.45) is 0 Å². The number of likely N-dealkylation sites (tertiary alicyclic amines) is 1. The average molecular weight is 289 g/mol. The lowest BCUT2D eigenvalue weighted by Crippen LogP contribution is -2.31. The summed E-state index contributed by atoms with van der Waals surface area (Å²) in [6.45, 7) is 3.56. The molecule has 1 atom stereocenters. The molecule has 2 rings (SSSR count). The number of halogens is 1. The van der Waals surface area contributed by atoms with E-state index in [9.17, 15) is 0 Å². The van der Waals surface area contributed by atoms with Crippen LogP contribution in [-0.4, -0.2) is 43.0 Å². The first-order valence-corrected chi connectivity index (χ1v) is 6.89. The molecule has 1 fully saturated rings. The normalized spacial score (nSPS) is 22.8. The van der Waals surface area contributed by atoms with Crippen LogP contribution in [0.15, 0.2) is 15.9 Å². The first-order chi connectivity index (χ1) is 7.15. The van der Waals surface area contributed by atoms with Crippen LogP contribution in [-0.2, 0) is 6.54 Å². The maximum atomic E-state index is 3.51. The second-order valence-corrected chi connectivity index (χ2v) is 6.89. The van der Waals surface area contributed by atoms with Gasteiger partial charge < -0.3 is 4.90 Å². The maximum absolute atomic E-state index is 3.51. The minimum atomic E-state index is 0.744. The topological polar surface area (TPSA) is 6.48 Å². The predicted molar refractivity (Wildman–Crippen MR) is 69.4 cm³/mol. The van der Waals surface area contributed by atoms with Crippen LogP contribution in [0.3, 0.4) is 0 Å². The van der Waals surface area contributed by atoms with E-state index < -0.39 is 0 Å². The van der Waals surface area contributed by atoms with E-state index >= 15 is 0 Å². The van der Waals surface area contributed by atoms with Crippen molar-refractivity contribution in [3.8, 4) is 0 Å². The zero-order chi connectivity index (χ0) is 10.8. The number of rotatable bonds is 3. The van der Waals surface area contributed by atoms with Crippen molar-refractivity contribution in [3.05, 3.63) is 20.8 Å². The Morgan fingerprint density at radius 3 is 2.87 bits per heavy atom. The number of nitrogens with zero attached hydrogens (tertiary/aromatic N) is 2. The lowest BCUT2D eigenvalue weighted by atomic mass is 10.2. The molecule has 15 heavy (non-hydrogen) atoms. The zero-order valence-corrected chi connectivity index (χ0v) is 11.6. The fourth-order valence-corrected chi connectivity index (χ4v) is 3.56. The van der Waals surface area contributed by atoms with Crippen molar-refractivity contribution in [1.29, 1.82) is 0 Å². The Kier molecular flexibility index (Phi) is 3.83. The van der Waals surface area contributed by atoms with Gasteiger partial charge in [-0.2, -0.15) is 0 Å². The van der Waals surface area contributed by atoms with Gasteiger partial charge in [0, 0.05) is 30.6 Å². The third kappa shape index (κ3) is 3.03. The fourth-order valence-electron chi connectivity index (χ4n) is 2.03. The van der Waals surface area contributed by atoms with E-state index in [0.29, 0.717) is 0 Å². The molecule has 1 aliphatic rings. The monoisotopic (exact) mass is 288 g/mol. The number of thiophene rings is 1. The number of hydrogen-bond acceptors (Lipinski definition) is 3. The Balaban J connectivity index is 1.87. The van der Waals surface area contributed by atoms with Crippen LogP contribution in [0.4, 0.5) is 0 Å². The van der Waals surface area contributed by atoms with Gasteiger partial charge in [0.1, 0.15) is 0 Å². The molecule has 0 radical (unpaired) electrons. The molecule has 0 spiro atoms. The summed E-state index contributed by atoms with van der Waals surface area (Å²) in [6.07, 6.45) is 1.31. The van der Waals surface area contributed by atoms with Gasteiger partial charge in [-0.15, -0.1) is 11.3 Å². The van der Waals surface area contributed by atoms with Crippen LogP contribution in [0.1, 0.15) is 11.3 Å². The summed E-state index contributed by atoms with van der Waals surface area (Å²) >= 11 is 5.35. The Morgan fingerprint density at radius 1 is 1.53 bits per heavy atom. The van der Waals surface area contributed by atoms with E-state index in [1.165, 1.54) is 28.2 Å². The van der Waals surface area contributed by atoms with Crippen molar-refractivity contribution in [2.45, 2.75) is 19.0 Å². The van der Waals surface area contributed by atoms with E-state index in [4.69, 9.17) is 0 Å². The highest BCUT2D eigenvalue weighted by Gasteiger charge is 2.23. The summed E-state index contributed by atoms with van der Waals surface area (Å²) in [7, 11) is 4.35. The van der Waals surface area contributed by atoms with Gasteiger partial charge in [-0.3, -0.25) is 4.90 Å². The number of likely N-dealkylation sites (N-methyl/N-ethyl adjacent to an activating group) is 1. The molecule has 0 saturated carbocycles. The van der Waals surface area contributed by atoms with Crippen LogP contribution >= 0.6 is 27.3 Å². The minimum absolute atomic E-state index is 0.744. The second kappa shape index (κ2) is 4.95.